The van der Waals surface area contributed by atoms with Crippen LogP contribution in [0.2, 0.25) is 0 Å². The Morgan fingerprint density at radius 2 is 1.62 bits per heavy atom. The van der Waals surface area contributed by atoms with Crippen LogP contribution in [0.3, 0.4) is 0 Å². The Hall–Kier alpha value is -3.23. The maximum Gasteiger partial charge on any atom is 0.243 e. The summed E-state index contributed by atoms with van der Waals surface area (Å²) in [5.41, 5.74) is 1.13. The molecular formula is C24H25N3O4S. The molecule has 2 N–H and O–H groups in total. The fourth-order valence-corrected chi connectivity index (χ4v) is 5.53. The molecule has 1 aliphatic rings. The number of carbonyl (C=O) groups excluding carboxylic acids is 2. The molecule has 32 heavy (non-hydrogen) atoms. The second-order valence-electron chi connectivity index (χ2n) is 7.96. The highest BCUT2D eigenvalue weighted by atomic mass is 32.2. The third-order valence-corrected chi connectivity index (χ3v) is 7.43. The summed E-state index contributed by atoms with van der Waals surface area (Å²) in [5, 5.41) is 7.36. The summed E-state index contributed by atoms with van der Waals surface area (Å²) in [4.78, 5) is 24.4. The number of rotatable bonds is 5. The number of carbonyl (C=O) groups is 2. The molecule has 7 nitrogen and oxygen atoms in total. The van der Waals surface area contributed by atoms with Gasteiger partial charge in [0.25, 0.3) is 0 Å². The molecule has 166 valence electrons. The summed E-state index contributed by atoms with van der Waals surface area (Å²) in [7, 11) is -3.71. The number of anilines is 2. The first-order valence-electron chi connectivity index (χ1n) is 10.5. The van der Waals surface area contributed by atoms with Crippen LogP contribution in [-0.4, -0.2) is 37.6 Å². The van der Waals surface area contributed by atoms with Crippen molar-refractivity contribution in [1.29, 1.82) is 0 Å². The molecule has 8 heteroatoms. The lowest BCUT2D eigenvalue weighted by Gasteiger charge is -2.31. The lowest BCUT2D eigenvalue weighted by atomic mass is 9.98. The minimum absolute atomic E-state index is 0.131. The quantitative estimate of drug-likeness (QED) is 0.616. The van der Waals surface area contributed by atoms with Crippen molar-refractivity contribution >= 4 is 44.0 Å². The van der Waals surface area contributed by atoms with Crippen LogP contribution in [-0.2, 0) is 19.6 Å². The molecule has 3 aromatic carbocycles. The molecule has 1 saturated heterocycles. The van der Waals surface area contributed by atoms with Crippen LogP contribution in [0.15, 0.2) is 71.6 Å². The summed E-state index contributed by atoms with van der Waals surface area (Å²) in [6.45, 7) is 1.93. The highest BCUT2D eigenvalue weighted by Gasteiger charge is 2.33. The number of amides is 2. The molecule has 1 atom stereocenters. The number of nitrogens with one attached hydrogen (secondary N) is 2. The zero-order valence-electron chi connectivity index (χ0n) is 17.7. The summed E-state index contributed by atoms with van der Waals surface area (Å²) in [6.07, 6.45) is 1.22. The molecule has 4 rings (SSSR count). The molecular weight excluding hydrogens is 426 g/mol. The Morgan fingerprint density at radius 3 is 2.38 bits per heavy atom. The van der Waals surface area contributed by atoms with E-state index in [1.54, 1.807) is 42.5 Å². The summed E-state index contributed by atoms with van der Waals surface area (Å²) >= 11 is 0. The van der Waals surface area contributed by atoms with E-state index >= 15 is 0 Å². The molecule has 3 aromatic rings. The van der Waals surface area contributed by atoms with Crippen molar-refractivity contribution in [2.75, 3.05) is 23.7 Å². The van der Waals surface area contributed by atoms with Gasteiger partial charge in [-0.05, 0) is 53.9 Å². The van der Waals surface area contributed by atoms with Gasteiger partial charge in [-0.1, -0.05) is 36.4 Å². The van der Waals surface area contributed by atoms with Gasteiger partial charge in [0.05, 0.1) is 10.8 Å². The van der Waals surface area contributed by atoms with Crippen molar-refractivity contribution in [2.45, 2.75) is 24.7 Å². The Morgan fingerprint density at radius 1 is 0.906 bits per heavy atom. The molecule has 0 spiro atoms. The summed E-state index contributed by atoms with van der Waals surface area (Å²) in [6, 6.07) is 19.6. The number of hydrogen-bond donors (Lipinski definition) is 2. The lowest BCUT2D eigenvalue weighted by Crippen LogP contribution is -2.43. The summed E-state index contributed by atoms with van der Waals surface area (Å²) in [5.74, 6) is -0.887. The van der Waals surface area contributed by atoms with Gasteiger partial charge < -0.3 is 10.6 Å². The predicted molar refractivity (Wildman–Crippen MR) is 125 cm³/mol. The molecule has 0 radical (unpaired) electrons. The molecule has 2 amide bonds. The van der Waals surface area contributed by atoms with Crippen molar-refractivity contribution in [3.05, 3.63) is 66.7 Å². The number of sulfonamides is 1. The van der Waals surface area contributed by atoms with Gasteiger partial charge >= 0.3 is 0 Å². The van der Waals surface area contributed by atoms with E-state index in [4.69, 9.17) is 0 Å². The SMILES string of the molecule is CC(=O)Nc1cccc(NC(=O)[C@H]2CCCN(S(=O)(=O)c3ccc4ccccc4c3)C2)c1. The van der Waals surface area contributed by atoms with Gasteiger partial charge in [0.15, 0.2) is 0 Å². The number of fused-ring (bicyclic) bond motifs is 1. The third kappa shape index (κ3) is 4.81. The van der Waals surface area contributed by atoms with Crippen LogP contribution >= 0.6 is 0 Å². The second-order valence-corrected chi connectivity index (χ2v) is 9.90. The van der Waals surface area contributed by atoms with Gasteiger partial charge in [0.2, 0.25) is 21.8 Å². The molecule has 0 unspecified atom stereocenters. The van der Waals surface area contributed by atoms with E-state index in [1.807, 2.05) is 24.3 Å². The van der Waals surface area contributed by atoms with Gasteiger partial charge in [-0.15, -0.1) is 0 Å². The Balaban J connectivity index is 1.48. The largest absolute Gasteiger partial charge is 0.326 e. The molecule has 0 aromatic heterocycles. The molecule has 1 heterocycles. The van der Waals surface area contributed by atoms with E-state index in [2.05, 4.69) is 10.6 Å². The minimum atomic E-state index is -3.71. The number of piperidine rings is 1. The number of benzene rings is 3. The van der Waals surface area contributed by atoms with Gasteiger partial charge in [0.1, 0.15) is 0 Å². The number of hydrogen-bond acceptors (Lipinski definition) is 4. The van der Waals surface area contributed by atoms with Crippen LogP contribution in [0.1, 0.15) is 19.8 Å². The van der Waals surface area contributed by atoms with Gasteiger partial charge in [-0.3, -0.25) is 9.59 Å². The predicted octanol–water partition coefficient (Wildman–Crippen LogP) is 3.84. The van der Waals surface area contributed by atoms with Crippen LogP contribution in [0.25, 0.3) is 10.8 Å². The van der Waals surface area contributed by atoms with Gasteiger partial charge in [-0.2, -0.15) is 4.31 Å². The van der Waals surface area contributed by atoms with Gasteiger partial charge in [-0.25, -0.2) is 8.42 Å². The van der Waals surface area contributed by atoms with E-state index in [9.17, 15) is 18.0 Å². The van der Waals surface area contributed by atoms with Gasteiger partial charge in [0, 0.05) is 31.4 Å². The maximum absolute atomic E-state index is 13.3. The molecule has 0 aliphatic carbocycles. The standard InChI is InChI=1S/C24H25N3O4S/c1-17(28)25-21-9-4-10-22(15-21)26-24(29)20-8-5-13-27(16-20)32(30,31)23-12-11-18-6-2-3-7-19(18)14-23/h2-4,6-7,9-12,14-15,20H,5,8,13,16H2,1H3,(H,25,28)(H,26,29)/t20-/m0/s1. The van der Waals surface area contributed by atoms with E-state index in [0.29, 0.717) is 30.8 Å². The third-order valence-electron chi connectivity index (χ3n) is 5.56. The van der Waals surface area contributed by atoms with Crippen LogP contribution < -0.4 is 10.6 Å². The number of nitrogens with zero attached hydrogens (tertiary/aromatic N) is 1. The minimum Gasteiger partial charge on any atom is -0.326 e. The molecule has 0 saturated carbocycles. The smallest absolute Gasteiger partial charge is 0.243 e. The molecule has 0 bridgehead atoms. The van der Waals surface area contributed by atoms with E-state index in [-0.39, 0.29) is 23.3 Å². The van der Waals surface area contributed by atoms with Crippen LogP contribution in [0.4, 0.5) is 11.4 Å². The fraction of sp³-hybridized carbons (Fsp3) is 0.250. The Labute approximate surface area is 187 Å². The van der Waals surface area contributed by atoms with Crippen molar-refractivity contribution < 1.29 is 18.0 Å². The topological polar surface area (TPSA) is 95.6 Å². The Kier molecular flexibility index (Phi) is 6.25. The maximum atomic E-state index is 13.3. The summed E-state index contributed by atoms with van der Waals surface area (Å²) < 4.78 is 27.9. The van der Waals surface area contributed by atoms with Crippen LogP contribution in [0, 0.1) is 5.92 Å². The van der Waals surface area contributed by atoms with Crippen molar-refractivity contribution in [2.24, 2.45) is 5.92 Å². The molecule has 1 fully saturated rings. The highest BCUT2D eigenvalue weighted by molar-refractivity contribution is 7.89. The zero-order valence-corrected chi connectivity index (χ0v) is 18.6. The normalized spacial score (nSPS) is 17.1. The average Bonchev–Trinajstić information content (AvgIpc) is 2.78. The van der Waals surface area contributed by atoms with E-state index in [0.717, 1.165) is 10.8 Å². The monoisotopic (exact) mass is 451 g/mol. The highest BCUT2D eigenvalue weighted by Crippen LogP contribution is 2.27. The zero-order chi connectivity index (χ0) is 22.7. The van der Waals surface area contributed by atoms with Crippen molar-refractivity contribution in [1.82, 2.24) is 4.31 Å². The Bertz CT molecular complexity index is 1270. The second kappa shape index (κ2) is 9.10. The lowest BCUT2D eigenvalue weighted by molar-refractivity contribution is -0.121. The fourth-order valence-electron chi connectivity index (χ4n) is 3.97. The first kappa shape index (κ1) is 22.0. The first-order valence-corrected chi connectivity index (χ1v) is 11.9. The average molecular weight is 452 g/mol. The van der Waals surface area contributed by atoms with Crippen molar-refractivity contribution in [3.63, 3.8) is 0 Å². The van der Waals surface area contributed by atoms with E-state index in [1.165, 1.54) is 11.2 Å². The molecule has 1 aliphatic heterocycles. The van der Waals surface area contributed by atoms with Crippen LogP contribution in [0.5, 0.6) is 0 Å². The van der Waals surface area contributed by atoms with Crippen molar-refractivity contribution in [3.8, 4) is 0 Å². The first-order chi connectivity index (χ1) is 15.3. The van der Waals surface area contributed by atoms with E-state index < -0.39 is 15.9 Å².